The lowest BCUT2D eigenvalue weighted by Gasteiger charge is -1.52. The maximum absolute atomic E-state index is 7.43. The van der Waals surface area contributed by atoms with Crippen LogP contribution >= 0.6 is 25.3 Å². The second-order valence-corrected chi connectivity index (χ2v) is 0.424. The quantitative estimate of drug-likeness (QED) is 0.306. The molecule has 0 saturated carbocycles. The van der Waals surface area contributed by atoms with E-state index in [4.69, 9.17) is 5.11 Å². The largest absolute Gasteiger partial charge is 0.386 e. The Hall–Kier alpha value is 0.660. The van der Waals surface area contributed by atoms with Crippen molar-refractivity contribution in [2.24, 2.45) is 0 Å². The van der Waals surface area contributed by atoms with Crippen LogP contribution in [0.4, 0.5) is 0 Å². The van der Waals surface area contributed by atoms with Gasteiger partial charge in [-0.2, -0.15) is 25.3 Å². The molecule has 0 bridgehead atoms. The highest BCUT2D eigenvalue weighted by atomic mass is 32.1. The first kappa shape index (κ1) is 9.18. The number of aliphatic hydroxyl groups is 1. The molecule has 34 valence electrons. The van der Waals surface area contributed by atoms with Crippen LogP contribution in [0.3, 0.4) is 0 Å². The number of hydrogen-bond acceptors (Lipinski definition) is 3. The first-order valence-electron chi connectivity index (χ1n) is 1.08. The number of hydrogen-bond donors (Lipinski definition) is 3. The van der Waals surface area contributed by atoms with Gasteiger partial charge in [-0.15, -0.1) is 0 Å². The van der Waals surface area contributed by atoms with Crippen molar-refractivity contribution in [2.75, 3.05) is 12.2 Å². The maximum atomic E-state index is 7.43. The van der Waals surface area contributed by atoms with Gasteiger partial charge in [0.05, 0.1) is 5.94 Å². The van der Waals surface area contributed by atoms with Crippen LogP contribution in [-0.2, 0) is 0 Å². The van der Waals surface area contributed by atoms with Crippen molar-refractivity contribution >= 4 is 25.3 Å². The molecule has 1 N–H and O–H groups in total. The van der Waals surface area contributed by atoms with E-state index < -0.39 is 0 Å². The van der Waals surface area contributed by atoms with Gasteiger partial charge in [0, 0.05) is 0 Å². The molecule has 5 heavy (non-hydrogen) atoms. The van der Waals surface area contributed by atoms with E-state index in [1.54, 1.807) is 6.26 Å². The van der Waals surface area contributed by atoms with E-state index in [0.29, 0.717) is 0 Å². The lowest BCUT2D eigenvalue weighted by molar-refractivity contribution is 0.377. The molecule has 0 aliphatic rings. The third-order valence-corrected chi connectivity index (χ3v) is 0. The highest BCUT2D eigenvalue weighted by Crippen LogP contribution is 1.51. The average Bonchev–Trinajstić information content (AvgIpc) is 1.46. The monoisotopic (exact) mass is 112 g/mol. The van der Waals surface area contributed by atoms with Gasteiger partial charge in [-0.3, -0.25) is 0 Å². The Balaban J connectivity index is 0. The number of aliphatic hydroxyl groups excluding tert-OH is 1. The minimum absolute atomic E-state index is 0.0556. The molecule has 3 heteroatoms. The Bertz CT molecular complexity index is 7.61. The van der Waals surface area contributed by atoms with Crippen molar-refractivity contribution in [3.63, 3.8) is 0 Å². The predicted octanol–water partition coefficient (Wildman–Crippen LogP) is 0.412. The fourth-order valence-corrected chi connectivity index (χ4v) is 0. The molecule has 0 aromatic heterocycles. The molecule has 0 aromatic carbocycles. The van der Waals surface area contributed by atoms with Gasteiger partial charge < -0.3 is 5.11 Å². The molecule has 0 amide bonds. The van der Waals surface area contributed by atoms with Gasteiger partial charge in [-0.1, -0.05) is 0 Å². The van der Waals surface area contributed by atoms with Gasteiger partial charge >= 0.3 is 0 Å². The highest BCUT2D eigenvalue weighted by Gasteiger charge is 1.34. The molecule has 0 atom stereocenters. The lowest BCUT2D eigenvalue weighted by Crippen LogP contribution is -1.50. The van der Waals surface area contributed by atoms with Crippen molar-refractivity contribution in [2.45, 2.75) is 0 Å². The Kier molecular flexibility index (Phi) is 41.6. The molecule has 0 aromatic rings. The summed E-state index contributed by atoms with van der Waals surface area (Å²) in [5.74, 6) is -0.0556. The fraction of sp³-hybridized carbons (Fsp3) is 1.00. The summed E-state index contributed by atoms with van der Waals surface area (Å²) in [6.45, 7) is 0. The molecular formula is C2H8OS2. The first-order valence-corrected chi connectivity index (χ1v) is 2.61. The second kappa shape index (κ2) is 22.7. The SMILES string of the molecule is CS.OCS. The van der Waals surface area contributed by atoms with Crippen LogP contribution in [0.1, 0.15) is 0 Å². The van der Waals surface area contributed by atoms with E-state index in [2.05, 4.69) is 25.3 Å². The lowest BCUT2D eigenvalue weighted by atomic mass is 11.7. The van der Waals surface area contributed by atoms with Gasteiger partial charge in [0.2, 0.25) is 0 Å². The third-order valence-electron chi connectivity index (χ3n) is 0. The Labute approximate surface area is 43.2 Å². The summed E-state index contributed by atoms with van der Waals surface area (Å²) in [6.07, 6.45) is 1.69. The predicted molar refractivity (Wildman–Crippen MR) is 31.0 cm³/mol. The summed E-state index contributed by atoms with van der Waals surface area (Å²) in [7, 11) is 0. The zero-order valence-corrected chi connectivity index (χ0v) is 4.84. The smallest absolute Gasteiger partial charge is 0.0857 e. The van der Waals surface area contributed by atoms with Crippen molar-refractivity contribution < 1.29 is 5.11 Å². The fourth-order valence-electron chi connectivity index (χ4n) is 0. The molecule has 0 aliphatic heterocycles. The van der Waals surface area contributed by atoms with E-state index in [-0.39, 0.29) is 5.94 Å². The van der Waals surface area contributed by atoms with Crippen LogP contribution in [0.2, 0.25) is 0 Å². The minimum Gasteiger partial charge on any atom is -0.386 e. The van der Waals surface area contributed by atoms with Gasteiger partial charge in [0.1, 0.15) is 0 Å². The van der Waals surface area contributed by atoms with E-state index in [1.807, 2.05) is 0 Å². The van der Waals surface area contributed by atoms with Crippen LogP contribution in [0.5, 0.6) is 0 Å². The normalized spacial score (nSPS) is 4.80. The minimum atomic E-state index is -0.0556. The van der Waals surface area contributed by atoms with Crippen molar-refractivity contribution in [1.29, 1.82) is 0 Å². The molecule has 0 heterocycles. The summed E-state index contributed by atoms with van der Waals surface area (Å²) in [5, 5.41) is 7.43. The molecule has 0 aliphatic carbocycles. The van der Waals surface area contributed by atoms with Crippen LogP contribution in [0.25, 0.3) is 0 Å². The van der Waals surface area contributed by atoms with Gasteiger partial charge in [-0.25, -0.2) is 0 Å². The second-order valence-electron chi connectivity index (χ2n) is 0.141. The Morgan fingerprint density at radius 2 is 1.60 bits per heavy atom. The van der Waals surface area contributed by atoms with E-state index in [9.17, 15) is 0 Å². The summed E-state index contributed by atoms with van der Waals surface area (Å²) in [5.41, 5.74) is 0. The molecule has 0 radical (unpaired) electrons. The average molecular weight is 112 g/mol. The van der Waals surface area contributed by atoms with Gasteiger partial charge in [0.25, 0.3) is 0 Å². The molecular weight excluding hydrogens is 104 g/mol. The summed E-state index contributed by atoms with van der Waals surface area (Å²) >= 11 is 6.87. The van der Waals surface area contributed by atoms with Crippen molar-refractivity contribution in [3.05, 3.63) is 0 Å². The van der Waals surface area contributed by atoms with Gasteiger partial charge in [0.15, 0.2) is 0 Å². The topological polar surface area (TPSA) is 20.2 Å². The standard InChI is InChI=1S/CH4OS.CH4S/c2-1-3;1-2/h2-3H,1H2;2H,1H3. The number of rotatable bonds is 0. The first-order chi connectivity index (χ1) is 2.41. The molecule has 0 unspecified atom stereocenters. The number of thiol groups is 2. The van der Waals surface area contributed by atoms with Crippen molar-refractivity contribution in [1.82, 2.24) is 0 Å². The maximum Gasteiger partial charge on any atom is 0.0857 e. The molecule has 0 spiro atoms. The third kappa shape index (κ3) is 75.7. The molecule has 0 fully saturated rings. The van der Waals surface area contributed by atoms with Gasteiger partial charge in [-0.05, 0) is 6.26 Å². The zero-order valence-electron chi connectivity index (χ0n) is 3.05. The van der Waals surface area contributed by atoms with Crippen LogP contribution in [0.15, 0.2) is 0 Å². The highest BCUT2D eigenvalue weighted by molar-refractivity contribution is 7.80. The van der Waals surface area contributed by atoms with E-state index in [1.165, 1.54) is 0 Å². The molecule has 1 nitrogen and oxygen atoms in total. The van der Waals surface area contributed by atoms with E-state index in [0.717, 1.165) is 0 Å². The van der Waals surface area contributed by atoms with Crippen LogP contribution in [-0.4, -0.2) is 17.3 Å². The van der Waals surface area contributed by atoms with Crippen LogP contribution < -0.4 is 0 Å². The summed E-state index contributed by atoms with van der Waals surface area (Å²) in [6, 6.07) is 0. The summed E-state index contributed by atoms with van der Waals surface area (Å²) in [4.78, 5) is 0. The molecule has 0 rings (SSSR count). The molecule has 0 saturated heterocycles. The Morgan fingerprint density at radius 3 is 1.60 bits per heavy atom. The Morgan fingerprint density at radius 1 is 1.60 bits per heavy atom. The van der Waals surface area contributed by atoms with E-state index >= 15 is 0 Å². The van der Waals surface area contributed by atoms with Crippen molar-refractivity contribution in [3.8, 4) is 0 Å². The van der Waals surface area contributed by atoms with Crippen LogP contribution in [0, 0.1) is 0 Å². The summed E-state index contributed by atoms with van der Waals surface area (Å²) < 4.78 is 0. The zero-order chi connectivity index (χ0) is 4.71.